The van der Waals surface area contributed by atoms with E-state index in [0.717, 1.165) is 33.4 Å². The van der Waals surface area contributed by atoms with E-state index in [4.69, 9.17) is 9.15 Å². The summed E-state index contributed by atoms with van der Waals surface area (Å²) in [5.74, 6) is 0.724. The van der Waals surface area contributed by atoms with Crippen LogP contribution in [0.3, 0.4) is 0 Å². The van der Waals surface area contributed by atoms with E-state index in [1.54, 1.807) is 6.07 Å². The van der Waals surface area contributed by atoms with Crippen molar-refractivity contribution in [1.82, 2.24) is 0 Å². The fourth-order valence-electron chi connectivity index (χ4n) is 3.47. The van der Waals surface area contributed by atoms with Crippen LogP contribution < -0.4 is 10.4 Å². The molecule has 140 valence electrons. The molecule has 1 aromatic heterocycles. The molecular formula is C25H22O3. The van der Waals surface area contributed by atoms with Crippen LogP contribution in [-0.4, -0.2) is 0 Å². The average Bonchev–Trinajstić information content (AvgIpc) is 2.70. The van der Waals surface area contributed by atoms with Gasteiger partial charge in [-0.25, -0.2) is 4.79 Å². The van der Waals surface area contributed by atoms with Crippen LogP contribution in [0.5, 0.6) is 5.75 Å². The summed E-state index contributed by atoms with van der Waals surface area (Å²) in [7, 11) is 0. The predicted molar refractivity (Wildman–Crippen MR) is 113 cm³/mol. The van der Waals surface area contributed by atoms with Crippen LogP contribution in [-0.2, 0) is 6.61 Å². The minimum Gasteiger partial charge on any atom is -0.488 e. The lowest BCUT2D eigenvalue weighted by Gasteiger charge is -2.14. The quantitative estimate of drug-likeness (QED) is 0.416. The lowest BCUT2D eigenvalue weighted by atomic mass is 10.00. The summed E-state index contributed by atoms with van der Waals surface area (Å²) >= 11 is 0. The van der Waals surface area contributed by atoms with E-state index in [1.807, 2.05) is 49.4 Å². The number of benzene rings is 3. The Labute approximate surface area is 164 Å². The highest BCUT2D eigenvalue weighted by molar-refractivity contribution is 5.95. The lowest BCUT2D eigenvalue weighted by molar-refractivity contribution is 0.303. The first-order chi connectivity index (χ1) is 13.5. The van der Waals surface area contributed by atoms with Crippen molar-refractivity contribution in [2.75, 3.05) is 0 Å². The van der Waals surface area contributed by atoms with Crippen molar-refractivity contribution in [2.24, 2.45) is 0 Å². The van der Waals surface area contributed by atoms with Gasteiger partial charge in [-0.15, -0.1) is 0 Å². The molecular weight excluding hydrogens is 348 g/mol. The highest BCUT2D eigenvalue weighted by Gasteiger charge is 2.13. The molecule has 0 radical (unpaired) electrons. The second-order valence-electron chi connectivity index (χ2n) is 7.13. The first kappa shape index (κ1) is 18.1. The molecule has 0 bridgehead atoms. The maximum Gasteiger partial charge on any atom is 0.336 e. The Morgan fingerprint density at radius 1 is 0.893 bits per heavy atom. The molecule has 3 heteroatoms. The van der Waals surface area contributed by atoms with Crippen molar-refractivity contribution in [3.63, 3.8) is 0 Å². The molecule has 3 aromatic carbocycles. The first-order valence-corrected chi connectivity index (χ1v) is 9.35. The number of fused-ring (bicyclic) bond motifs is 1. The Bertz CT molecular complexity index is 1200. The van der Waals surface area contributed by atoms with Crippen LogP contribution in [0.1, 0.15) is 22.3 Å². The minimum atomic E-state index is -0.360. The Morgan fingerprint density at radius 3 is 2.46 bits per heavy atom. The van der Waals surface area contributed by atoms with Crippen molar-refractivity contribution in [3.8, 4) is 16.9 Å². The van der Waals surface area contributed by atoms with Crippen LogP contribution >= 0.6 is 0 Å². The number of ether oxygens (including phenoxy) is 1. The lowest BCUT2D eigenvalue weighted by Crippen LogP contribution is -2.02. The molecule has 0 saturated heterocycles. The van der Waals surface area contributed by atoms with E-state index in [9.17, 15) is 4.79 Å². The maximum atomic E-state index is 12.2. The predicted octanol–water partition coefficient (Wildman–Crippen LogP) is 5.96. The van der Waals surface area contributed by atoms with Crippen LogP contribution in [0.2, 0.25) is 0 Å². The molecule has 0 amide bonds. The first-order valence-electron chi connectivity index (χ1n) is 9.35. The van der Waals surface area contributed by atoms with Gasteiger partial charge in [0, 0.05) is 17.0 Å². The van der Waals surface area contributed by atoms with Gasteiger partial charge in [0.25, 0.3) is 0 Å². The fraction of sp³-hybridized carbons (Fsp3) is 0.160. The summed E-state index contributed by atoms with van der Waals surface area (Å²) in [6.45, 7) is 6.56. The molecule has 28 heavy (non-hydrogen) atoms. The molecule has 0 unspecified atom stereocenters. The summed E-state index contributed by atoms with van der Waals surface area (Å²) in [5.41, 5.74) is 6.46. The molecule has 0 aliphatic heterocycles. The average molecular weight is 370 g/mol. The SMILES string of the molecule is Cc1ccc(C)c(COc2ccc3c(-c4ccccc4)cc(=O)oc3c2C)c1. The fourth-order valence-corrected chi connectivity index (χ4v) is 3.47. The van der Waals surface area contributed by atoms with Crippen molar-refractivity contribution >= 4 is 11.0 Å². The van der Waals surface area contributed by atoms with Crippen molar-refractivity contribution in [1.29, 1.82) is 0 Å². The summed E-state index contributed by atoms with van der Waals surface area (Å²) in [6.07, 6.45) is 0. The summed E-state index contributed by atoms with van der Waals surface area (Å²) < 4.78 is 11.6. The van der Waals surface area contributed by atoms with E-state index in [-0.39, 0.29) is 5.63 Å². The molecule has 0 fully saturated rings. The zero-order valence-electron chi connectivity index (χ0n) is 16.3. The van der Waals surface area contributed by atoms with Gasteiger partial charge in [0.05, 0.1) is 0 Å². The molecule has 4 aromatic rings. The molecule has 0 aliphatic carbocycles. The van der Waals surface area contributed by atoms with Gasteiger partial charge in [-0.1, -0.05) is 54.1 Å². The second kappa shape index (κ2) is 7.35. The van der Waals surface area contributed by atoms with E-state index in [0.29, 0.717) is 12.2 Å². The van der Waals surface area contributed by atoms with E-state index >= 15 is 0 Å². The molecule has 0 N–H and O–H groups in total. The molecule has 1 heterocycles. The molecule has 0 saturated carbocycles. The largest absolute Gasteiger partial charge is 0.488 e. The number of aryl methyl sites for hydroxylation is 3. The third-order valence-corrected chi connectivity index (χ3v) is 5.08. The summed E-state index contributed by atoms with van der Waals surface area (Å²) in [6, 6.07) is 21.7. The Morgan fingerprint density at radius 2 is 1.68 bits per heavy atom. The van der Waals surface area contributed by atoms with Gasteiger partial charge in [0.2, 0.25) is 0 Å². The van der Waals surface area contributed by atoms with Gasteiger partial charge >= 0.3 is 5.63 Å². The highest BCUT2D eigenvalue weighted by atomic mass is 16.5. The van der Waals surface area contributed by atoms with E-state index < -0.39 is 0 Å². The van der Waals surface area contributed by atoms with Crippen LogP contribution in [0.4, 0.5) is 0 Å². The number of hydrogen-bond donors (Lipinski definition) is 0. The van der Waals surface area contributed by atoms with Crippen molar-refractivity contribution in [3.05, 3.63) is 99.4 Å². The minimum absolute atomic E-state index is 0.360. The Hall–Kier alpha value is -3.33. The Kier molecular flexibility index (Phi) is 4.74. The highest BCUT2D eigenvalue weighted by Crippen LogP contribution is 2.33. The third kappa shape index (κ3) is 3.44. The Balaban J connectivity index is 1.75. The van der Waals surface area contributed by atoms with Gasteiger partial charge < -0.3 is 9.15 Å². The van der Waals surface area contributed by atoms with Crippen molar-refractivity contribution in [2.45, 2.75) is 27.4 Å². The van der Waals surface area contributed by atoms with E-state index in [1.165, 1.54) is 11.1 Å². The van der Waals surface area contributed by atoms with Gasteiger partial charge in [-0.05, 0) is 55.2 Å². The van der Waals surface area contributed by atoms with Crippen LogP contribution in [0.15, 0.2) is 75.9 Å². The van der Waals surface area contributed by atoms with Gasteiger partial charge in [0.15, 0.2) is 0 Å². The van der Waals surface area contributed by atoms with Gasteiger partial charge in [-0.2, -0.15) is 0 Å². The third-order valence-electron chi connectivity index (χ3n) is 5.08. The number of hydrogen-bond acceptors (Lipinski definition) is 3. The van der Waals surface area contributed by atoms with Gasteiger partial charge in [-0.3, -0.25) is 0 Å². The van der Waals surface area contributed by atoms with Crippen molar-refractivity contribution < 1.29 is 9.15 Å². The smallest absolute Gasteiger partial charge is 0.336 e. The molecule has 0 spiro atoms. The zero-order valence-corrected chi connectivity index (χ0v) is 16.3. The zero-order chi connectivity index (χ0) is 19.7. The normalized spacial score (nSPS) is 11.0. The van der Waals surface area contributed by atoms with Gasteiger partial charge in [0.1, 0.15) is 17.9 Å². The molecule has 0 atom stereocenters. The van der Waals surface area contributed by atoms with E-state index in [2.05, 4.69) is 32.0 Å². The maximum absolute atomic E-state index is 12.2. The second-order valence-corrected chi connectivity index (χ2v) is 7.13. The number of rotatable bonds is 4. The monoisotopic (exact) mass is 370 g/mol. The summed E-state index contributed by atoms with van der Waals surface area (Å²) in [5, 5.41) is 0.905. The molecule has 0 aliphatic rings. The van der Waals surface area contributed by atoms with Crippen LogP contribution in [0, 0.1) is 20.8 Å². The summed E-state index contributed by atoms with van der Waals surface area (Å²) in [4.78, 5) is 12.2. The topological polar surface area (TPSA) is 39.4 Å². The van der Waals surface area contributed by atoms with Crippen LogP contribution in [0.25, 0.3) is 22.1 Å². The standard InChI is InChI=1S/C25H22O3/c1-16-9-10-17(2)20(13-16)15-27-23-12-11-21-22(19-7-5-4-6-8-19)14-24(26)28-25(21)18(23)3/h4-14H,15H2,1-3H3. The molecule has 4 rings (SSSR count). The molecule has 3 nitrogen and oxygen atoms in total.